The molecule has 10 heteroatoms. The van der Waals surface area contributed by atoms with Crippen LogP contribution in [0.15, 0.2) is 23.3 Å². The van der Waals surface area contributed by atoms with E-state index in [1.807, 2.05) is 0 Å². The van der Waals surface area contributed by atoms with Crippen LogP contribution >= 0.6 is 0 Å². The molecular weight excluding hydrogens is 356 g/mol. The predicted octanol–water partition coefficient (Wildman–Crippen LogP) is 3.20. The van der Waals surface area contributed by atoms with Gasteiger partial charge in [-0.1, -0.05) is 0 Å². The molecule has 0 spiro atoms. The topological polar surface area (TPSA) is 61.5 Å². The number of methoxy groups -OCH3 is 1. The fourth-order valence-electron chi connectivity index (χ4n) is 2.11. The summed E-state index contributed by atoms with van der Waals surface area (Å²) in [5.74, 6) is -2.61. The minimum absolute atomic E-state index is 0.308. The Labute approximate surface area is 147 Å². The maximum absolute atomic E-state index is 12.9. The average molecular weight is 374 g/mol. The van der Waals surface area contributed by atoms with Crippen molar-refractivity contribution in [1.29, 1.82) is 0 Å². The summed E-state index contributed by atoms with van der Waals surface area (Å²) in [6, 6.07) is 4.92. The lowest BCUT2D eigenvalue weighted by molar-refractivity contribution is -0.168. The molecule has 0 atom stereocenters. The van der Waals surface area contributed by atoms with Crippen molar-refractivity contribution in [3.63, 3.8) is 0 Å². The van der Waals surface area contributed by atoms with Crippen LogP contribution in [0.3, 0.4) is 0 Å². The number of alkyl halides is 4. The van der Waals surface area contributed by atoms with Crippen molar-refractivity contribution >= 4 is 6.21 Å². The molecule has 6 nitrogen and oxygen atoms in total. The van der Waals surface area contributed by atoms with Crippen molar-refractivity contribution in [3.8, 4) is 5.75 Å². The number of ether oxygens (including phenoxy) is 2. The lowest BCUT2D eigenvalue weighted by Crippen LogP contribution is -2.32. The predicted molar refractivity (Wildman–Crippen MR) is 86.1 cm³/mol. The first-order chi connectivity index (χ1) is 12.2. The third-order valence-corrected chi connectivity index (χ3v) is 3.45. The molecule has 1 aromatic heterocycles. The number of hydrogen-bond donors (Lipinski definition) is 0. The Morgan fingerprint density at radius 1 is 1.23 bits per heavy atom. The van der Waals surface area contributed by atoms with Crippen molar-refractivity contribution in [2.24, 2.45) is 5.10 Å². The standard InChI is InChI=1S/C16H18F4N4O2/c1-10-22-23-11(2)24(10)21-7-12-4-5-14(25-3)13(6-12)8-26-9-16(19,20)15(17)18/h4-7,15H,8-9H2,1-3H3. The highest BCUT2D eigenvalue weighted by Gasteiger charge is 2.40. The van der Waals surface area contributed by atoms with Crippen LogP contribution in [-0.2, 0) is 11.3 Å². The van der Waals surface area contributed by atoms with Gasteiger partial charge in [0.25, 0.3) is 0 Å². The Morgan fingerprint density at radius 2 is 1.88 bits per heavy atom. The van der Waals surface area contributed by atoms with Gasteiger partial charge in [0.15, 0.2) is 11.6 Å². The molecule has 1 heterocycles. The zero-order valence-corrected chi connectivity index (χ0v) is 14.4. The molecule has 0 aliphatic heterocycles. The van der Waals surface area contributed by atoms with Crippen LogP contribution < -0.4 is 4.74 Å². The second-order valence-electron chi connectivity index (χ2n) is 5.48. The van der Waals surface area contributed by atoms with Gasteiger partial charge >= 0.3 is 12.3 Å². The molecule has 0 unspecified atom stereocenters. The third kappa shape index (κ3) is 4.78. The van der Waals surface area contributed by atoms with E-state index in [1.165, 1.54) is 18.0 Å². The van der Waals surface area contributed by atoms with Gasteiger partial charge in [0.1, 0.15) is 12.4 Å². The highest BCUT2D eigenvalue weighted by molar-refractivity contribution is 5.80. The van der Waals surface area contributed by atoms with E-state index in [2.05, 4.69) is 15.3 Å². The molecule has 0 saturated heterocycles. The molecule has 0 radical (unpaired) electrons. The molecule has 2 rings (SSSR count). The number of nitrogens with zero attached hydrogens (tertiary/aromatic N) is 4. The number of benzene rings is 1. The molecule has 2 aromatic rings. The van der Waals surface area contributed by atoms with Gasteiger partial charge in [-0.3, -0.25) is 0 Å². The van der Waals surface area contributed by atoms with E-state index in [9.17, 15) is 17.6 Å². The highest BCUT2D eigenvalue weighted by Crippen LogP contribution is 2.25. The van der Waals surface area contributed by atoms with E-state index in [-0.39, 0.29) is 6.61 Å². The number of hydrogen-bond acceptors (Lipinski definition) is 5. The molecular formula is C16H18F4N4O2. The molecule has 0 fully saturated rings. The van der Waals surface area contributed by atoms with Crippen molar-refractivity contribution in [3.05, 3.63) is 41.0 Å². The van der Waals surface area contributed by atoms with Gasteiger partial charge in [-0.2, -0.15) is 13.9 Å². The summed E-state index contributed by atoms with van der Waals surface area (Å²) >= 11 is 0. The molecule has 0 N–H and O–H groups in total. The lowest BCUT2D eigenvalue weighted by atomic mass is 10.1. The van der Waals surface area contributed by atoms with Crippen LogP contribution in [0.25, 0.3) is 0 Å². The zero-order chi connectivity index (χ0) is 19.3. The van der Waals surface area contributed by atoms with Crippen LogP contribution in [0.1, 0.15) is 22.8 Å². The molecule has 0 bridgehead atoms. The van der Waals surface area contributed by atoms with E-state index in [4.69, 9.17) is 9.47 Å². The summed E-state index contributed by atoms with van der Waals surface area (Å²) in [5.41, 5.74) is 1.07. The van der Waals surface area contributed by atoms with Gasteiger partial charge in [-0.15, -0.1) is 10.2 Å². The zero-order valence-electron chi connectivity index (χ0n) is 14.4. The fraction of sp³-hybridized carbons (Fsp3) is 0.438. The van der Waals surface area contributed by atoms with Crippen molar-refractivity contribution in [2.75, 3.05) is 13.7 Å². The van der Waals surface area contributed by atoms with Crippen LogP contribution in [0, 0.1) is 13.8 Å². The van der Waals surface area contributed by atoms with Crippen LogP contribution in [0.5, 0.6) is 5.75 Å². The first-order valence-electron chi connectivity index (χ1n) is 7.58. The summed E-state index contributed by atoms with van der Waals surface area (Å²) in [4.78, 5) is 0. The Hall–Kier alpha value is -2.49. The average Bonchev–Trinajstić information content (AvgIpc) is 2.91. The number of aryl methyl sites for hydroxylation is 2. The summed E-state index contributed by atoms with van der Waals surface area (Å²) < 4.78 is 61.6. The Morgan fingerprint density at radius 3 is 2.46 bits per heavy atom. The molecule has 0 amide bonds. The quantitative estimate of drug-likeness (QED) is 0.526. The van der Waals surface area contributed by atoms with Gasteiger partial charge in [-0.25, -0.2) is 13.5 Å². The summed E-state index contributed by atoms with van der Waals surface area (Å²) in [5, 5.41) is 12.0. The van der Waals surface area contributed by atoms with Gasteiger partial charge < -0.3 is 9.47 Å². The Kier molecular flexibility index (Phi) is 6.30. The second-order valence-corrected chi connectivity index (χ2v) is 5.48. The Bertz CT molecular complexity index is 758. The maximum atomic E-state index is 12.9. The van der Waals surface area contributed by atoms with Crippen molar-refractivity contribution in [2.45, 2.75) is 32.8 Å². The number of rotatable bonds is 8. The van der Waals surface area contributed by atoms with Crippen LogP contribution in [0.4, 0.5) is 17.6 Å². The second kappa shape index (κ2) is 8.26. The van der Waals surface area contributed by atoms with E-state index in [0.29, 0.717) is 28.5 Å². The van der Waals surface area contributed by atoms with E-state index in [1.54, 1.807) is 32.0 Å². The number of aromatic nitrogens is 3. The molecule has 0 aliphatic rings. The fourth-order valence-corrected chi connectivity index (χ4v) is 2.11. The van der Waals surface area contributed by atoms with Gasteiger partial charge in [0.05, 0.1) is 19.9 Å². The summed E-state index contributed by atoms with van der Waals surface area (Å²) in [6.07, 6.45) is -2.25. The molecule has 142 valence electrons. The third-order valence-electron chi connectivity index (χ3n) is 3.45. The van der Waals surface area contributed by atoms with E-state index >= 15 is 0 Å². The summed E-state index contributed by atoms with van der Waals surface area (Å²) in [7, 11) is 1.41. The molecule has 0 aliphatic carbocycles. The molecule has 1 aromatic carbocycles. The smallest absolute Gasteiger partial charge is 0.330 e. The van der Waals surface area contributed by atoms with Crippen LogP contribution in [-0.4, -0.2) is 47.2 Å². The van der Waals surface area contributed by atoms with E-state index in [0.717, 1.165) is 0 Å². The number of halogens is 4. The monoisotopic (exact) mass is 374 g/mol. The van der Waals surface area contributed by atoms with Crippen LogP contribution in [0.2, 0.25) is 0 Å². The highest BCUT2D eigenvalue weighted by atomic mass is 19.3. The van der Waals surface area contributed by atoms with Gasteiger partial charge in [0, 0.05) is 5.56 Å². The first kappa shape index (κ1) is 19.8. The maximum Gasteiger partial charge on any atom is 0.330 e. The normalized spacial score (nSPS) is 12.3. The minimum Gasteiger partial charge on any atom is -0.496 e. The van der Waals surface area contributed by atoms with Crippen molar-refractivity contribution in [1.82, 2.24) is 14.9 Å². The lowest BCUT2D eigenvalue weighted by Gasteiger charge is -2.16. The van der Waals surface area contributed by atoms with Crippen molar-refractivity contribution < 1.29 is 27.0 Å². The van der Waals surface area contributed by atoms with E-state index < -0.39 is 19.0 Å². The summed E-state index contributed by atoms with van der Waals surface area (Å²) in [6.45, 7) is 1.80. The van der Waals surface area contributed by atoms with Gasteiger partial charge in [-0.05, 0) is 37.6 Å². The Balaban J connectivity index is 2.13. The molecule has 26 heavy (non-hydrogen) atoms. The first-order valence-corrected chi connectivity index (χ1v) is 7.58. The minimum atomic E-state index is -4.20. The van der Waals surface area contributed by atoms with Gasteiger partial charge in [0.2, 0.25) is 0 Å². The SMILES string of the molecule is COc1ccc(C=Nn2c(C)nnc2C)cc1COCC(F)(F)C(F)F. The molecule has 0 saturated carbocycles. The largest absolute Gasteiger partial charge is 0.496 e.